The van der Waals surface area contributed by atoms with Crippen LogP contribution in [0.4, 0.5) is 5.69 Å². The fourth-order valence-corrected chi connectivity index (χ4v) is 3.12. The van der Waals surface area contributed by atoms with Gasteiger partial charge in [0.25, 0.3) is 5.69 Å². The van der Waals surface area contributed by atoms with Crippen molar-refractivity contribution < 1.29 is 4.92 Å². The van der Waals surface area contributed by atoms with Crippen LogP contribution < -0.4 is 5.73 Å². The summed E-state index contributed by atoms with van der Waals surface area (Å²) in [5.74, 6) is 0.828. The molecule has 4 heteroatoms. The molecule has 1 saturated carbocycles. The summed E-state index contributed by atoms with van der Waals surface area (Å²) in [5.41, 5.74) is 7.64. The van der Waals surface area contributed by atoms with Crippen molar-refractivity contribution in [3.63, 3.8) is 0 Å². The minimum atomic E-state index is -0.353. The number of aryl methyl sites for hydroxylation is 1. The Labute approximate surface area is 120 Å². The van der Waals surface area contributed by atoms with E-state index < -0.39 is 0 Å². The molecule has 2 rings (SSSR count). The van der Waals surface area contributed by atoms with Crippen molar-refractivity contribution in [2.24, 2.45) is 17.1 Å². The number of non-ortho nitro benzene ring substituents is 1. The monoisotopic (exact) mass is 276 g/mol. The summed E-state index contributed by atoms with van der Waals surface area (Å²) < 4.78 is 0. The molecule has 1 aromatic carbocycles. The Morgan fingerprint density at radius 3 is 2.40 bits per heavy atom. The Bertz CT molecular complexity index is 448. The number of benzene rings is 1. The van der Waals surface area contributed by atoms with Gasteiger partial charge in [0.2, 0.25) is 0 Å². The topological polar surface area (TPSA) is 69.2 Å². The van der Waals surface area contributed by atoms with Crippen molar-refractivity contribution in [1.29, 1.82) is 0 Å². The van der Waals surface area contributed by atoms with E-state index >= 15 is 0 Å². The highest BCUT2D eigenvalue weighted by Gasteiger charge is 2.32. The molecule has 1 aromatic rings. The van der Waals surface area contributed by atoms with Crippen LogP contribution in [0.5, 0.6) is 0 Å². The van der Waals surface area contributed by atoms with Crippen molar-refractivity contribution in [3.8, 4) is 0 Å². The third-order valence-corrected chi connectivity index (χ3v) is 4.86. The van der Waals surface area contributed by atoms with Crippen molar-refractivity contribution in [1.82, 2.24) is 0 Å². The van der Waals surface area contributed by atoms with Crippen LogP contribution in [0, 0.1) is 21.4 Å². The minimum absolute atomic E-state index is 0.161. The van der Waals surface area contributed by atoms with Gasteiger partial charge in [0.05, 0.1) is 4.92 Å². The summed E-state index contributed by atoms with van der Waals surface area (Å²) in [6, 6.07) is 6.92. The van der Waals surface area contributed by atoms with Crippen molar-refractivity contribution in [2.75, 3.05) is 6.54 Å². The third-order valence-electron chi connectivity index (χ3n) is 4.86. The largest absolute Gasteiger partial charge is 0.330 e. The fourth-order valence-electron chi connectivity index (χ4n) is 3.12. The van der Waals surface area contributed by atoms with Crippen LogP contribution in [0.1, 0.15) is 44.6 Å². The van der Waals surface area contributed by atoms with Gasteiger partial charge in [0.1, 0.15) is 0 Å². The zero-order chi connectivity index (χ0) is 14.6. The average molecular weight is 276 g/mol. The number of nitrogens with two attached hydrogens (primary N) is 1. The molecule has 0 atom stereocenters. The molecule has 2 N–H and O–H groups in total. The predicted octanol–water partition coefficient (Wildman–Crippen LogP) is 3.68. The molecular formula is C16H24N2O2. The fraction of sp³-hybridized carbons (Fsp3) is 0.625. The second-order valence-electron chi connectivity index (χ2n) is 6.31. The van der Waals surface area contributed by atoms with Crippen LogP contribution in [0.15, 0.2) is 24.3 Å². The van der Waals surface area contributed by atoms with Gasteiger partial charge in [-0.05, 0) is 49.1 Å². The lowest BCUT2D eigenvalue weighted by Crippen LogP contribution is -2.35. The van der Waals surface area contributed by atoms with Crippen LogP contribution in [0.25, 0.3) is 0 Å². The lowest BCUT2D eigenvalue weighted by Gasteiger charge is -2.38. The maximum atomic E-state index is 10.6. The van der Waals surface area contributed by atoms with Crippen LogP contribution in [0.2, 0.25) is 0 Å². The SMILES string of the molecule is CC1CCC(CN)(CCc2ccc([N+](=O)[O-])cc2)CC1. The smallest absolute Gasteiger partial charge is 0.269 e. The predicted molar refractivity (Wildman–Crippen MR) is 80.5 cm³/mol. The van der Waals surface area contributed by atoms with E-state index in [1.165, 1.54) is 31.2 Å². The molecule has 0 unspecified atom stereocenters. The molecule has 0 amide bonds. The second kappa shape index (κ2) is 6.35. The van der Waals surface area contributed by atoms with E-state index in [0.29, 0.717) is 0 Å². The number of nitrogens with zero attached hydrogens (tertiary/aromatic N) is 1. The standard InChI is InChI=1S/C16H24N2O2/c1-13-6-9-16(12-17,10-7-13)11-8-14-2-4-15(5-3-14)18(19)20/h2-5,13H,6-12,17H2,1H3. The first-order valence-electron chi connectivity index (χ1n) is 7.48. The molecule has 0 bridgehead atoms. The van der Waals surface area contributed by atoms with Crippen molar-refractivity contribution >= 4 is 5.69 Å². The van der Waals surface area contributed by atoms with Gasteiger partial charge in [-0.3, -0.25) is 10.1 Å². The third kappa shape index (κ3) is 3.57. The molecule has 110 valence electrons. The Kier molecular flexibility index (Phi) is 4.76. The molecule has 0 spiro atoms. The normalized spacial score (nSPS) is 26.4. The zero-order valence-corrected chi connectivity index (χ0v) is 12.2. The van der Waals surface area contributed by atoms with Gasteiger partial charge >= 0.3 is 0 Å². The average Bonchev–Trinajstić information content (AvgIpc) is 2.48. The Morgan fingerprint density at radius 2 is 1.90 bits per heavy atom. The van der Waals surface area contributed by atoms with Crippen LogP contribution in [-0.2, 0) is 6.42 Å². The van der Waals surface area contributed by atoms with Gasteiger partial charge in [0, 0.05) is 12.1 Å². The first kappa shape index (κ1) is 15.0. The number of hydrogen-bond donors (Lipinski definition) is 1. The highest BCUT2D eigenvalue weighted by atomic mass is 16.6. The molecule has 1 aliphatic carbocycles. The lowest BCUT2D eigenvalue weighted by atomic mass is 9.68. The lowest BCUT2D eigenvalue weighted by molar-refractivity contribution is -0.384. The first-order chi connectivity index (χ1) is 9.54. The van der Waals surface area contributed by atoms with Crippen LogP contribution >= 0.6 is 0 Å². The summed E-state index contributed by atoms with van der Waals surface area (Å²) in [6.07, 6.45) is 7.04. The first-order valence-corrected chi connectivity index (χ1v) is 7.48. The van der Waals surface area contributed by atoms with Gasteiger partial charge in [-0.1, -0.05) is 31.9 Å². The van der Waals surface area contributed by atoms with Crippen LogP contribution in [0.3, 0.4) is 0 Å². The van der Waals surface area contributed by atoms with E-state index in [9.17, 15) is 10.1 Å². The summed E-state index contributed by atoms with van der Waals surface area (Å²) in [7, 11) is 0. The van der Waals surface area contributed by atoms with Gasteiger partial charge in [-0.25, -0.2) is 0 Å². The maximum Gasteiger partial charge on any atom is 0.269 e. The molecular weight excluding hydrogens is 252 g/mol. The van der Waals surface area contributed by atoms with Gasteiger partial charge < -0.3 is 5.73 Å². The minimum Gasteiger partial charge on any atom is -0.330 e. The van der Waals surface area contributed by atoms with Crippen molar-refractivity contribution in [3.05, 3.63) is 39.9 Å². The summed E-state index contributed by atoms with van der Waals surface area (Å²) in [4.78, 5) is 10.3. The molecule has 1 fully saturated rings. The number of hydrogen-bond acceptors (Lipinski definition) is 3. The number of nitro groups is 1. The van der Waals surface area contributed by atoms with Crippen molar-refractivity contribution in [2.45, 2.75) is 45.4 Å². The Morgan fingerprint density at radius 1 is 1.30 bits per heavy atom. The van der Waals surface area contributed by atoms with Gasteiger partial charge in [0.15, 0.2) is 0 Å². The summed E-state index contributed by atoms with van der Waals surface area (Å²) >= 11 is 0. The maximum absolute atomic E-state index is 10.6. The molecule has 0 radical (unpaired) electrons. The Balaban J connectivity index is 1.94. The van der Waals surface area contributed by atoms with Gasteiger partial charge in [-0.2, -0.15) is 0 Å². The van der Waals surface area contributed by atoms with E-state index in [4.69, 9.17) is 5.73 Å². The second-order valence-corrected chi connectivity index (χ2v) is 6.31. The highest BCUT2D eigenvalue weighted by Crippen LogP contribution is 2.41. The van der Waals surface area contributed by atoms with E-state index in [2.05, 4.69) is 6.92 Å². The quantitative estimate of drug-likeness (QED) is 0.658. The number of rotatable bonds is 5. The molecule has 0 heterocycles. The van der Waals surface area contributed by atoms with E-state index in [-0.39, 0.29) is 16.0 Å². The highest BCUT2D eigenvalue weighted by molar-refractivity contribution is 5.32. The molecule has 0 aliphatic heterocycles. The molecule has 4 nitrogen and oxygen atoms in total. The van der Waals surface area contributed by atoms with E-state index in [1.54, 1.807) is 12.1 Å². The number of nitro benzene ring substituents is 1. The molecule has 0 saturated heterocycles. The summed E-state index contributed by atoms with van der Waals surface area (Å²) in [6.45, 7) is 3.07. The van der Waals surface area contributed by atoms with Gasteiger partial charge in [-0.15, -0.1) is 0 Å². The summed E-state index contributed by atoms with van der Waals surface area (Å²) in [5, 5.41) is 10.6. The van der Waals surface area contributed by atoms with E-state index in [0.717, 1.165) is 25.3 Å². The molecule has 20 heavy (non-hydrogen) atoms. The molecule has 1 aliphatic rings. The van der Waals surface area contributed by atoms with E-state index in [1.807, 2.05) is 12.1 Å². The van der Waals surface area contributed by atoms with Crippen LogP contribution in [-0.4, -0.2) is 11.5 Å². The zero-order valence-electron chi connectivity index (χ0n) is 12.2. The Hall–Kier alpha value is -1.42. The molecule has 0 aromatic heterocycles.